The Hall–Kier alpha value is -1.14. The molecule has 6 nitrogen and oxygen atoms in total. The fraction of sp³-hybridized carbons (Fsp3) is 0.600. The molecule has 1 fully saturated rings. The topological polar surface area (TPSA) is 104 Å². The SMILES string of the molecule is NO.O=C(O)N1CCCC1=O. The zero-order valence-electron chi connectivity index (χ0n) is 5.86. The number of likely N-dealkylation sites (tertiary alicyclic amines) is 1. The lowest BCUT2D eigenvalue weighted by molar-refractivity contribution is -0.125. The zero-order valence-corrected chi connectivity index (χ0v) is 5.86. The molecule has 11 heavy (non-hydrogen) atoms. The summed E-state index contributed by atoms with van der Waals surface area (Å²) in [6.07, 6.45) is -0.0743. The van der Waals surface area contributed by atoms with Gasteiger partial charge in [0.05, 0.1) is 0 Å². The summed E-state index contributed by atoms with van der Waals surface area (Å²) in [4.78, 5) is 21.5. The number of nitrogens with zero attached hydrogens (tertiary/aromatic N) is 1. The lowest BCUT2D eigenvalue weighted by Crippen LogP contribution is -2.29. The molecule has 0 unspecified atom stereocenters. The number of nitrogens with two attached hydrogens (primary N) is 1. The fourth-order valence-electron chi connectivity index (χ4n) is 0.850. The first-order valence-electron chi connectivity index (χ1n) is 3.01. The van der Waals surface area contributed by atoms with Gasteiger partial charge >= 0.3 is 6.09 Å². The molecule has 1 saturated heterocycles. The molecule has 0 aromatic carbocycles. The molecular weight excluding hydrogens is 152 g/mol. The number of carboxylic acid groups (broad SMARTS) is 1. The van der Waals surface area contributed by atoms with Crippen molar-refractivity contribution < 1.29 is 19.9 Å². The maximum absolute atomic E-state index is 10.6. The van der Waals surface area contributed by atoms with Crippen LogP contribution in [0.4, 0.5) is 4.79 Å². The first kappa shape index (κ1) is 9.86. The van der Waals surface area contributed by atoms with Crippen LogP contribution in [0.15, 0.2) is 0 Å². The first-order chi connectivity index (χ1) is 5.22. The lowest BCUT2D eigenvalue weighted by atomic mass is 10.4. The van der Waals surface area contributed by atoms with E-state index in [-0.39, 0.29) is 5.91 Å². The van der Waals surface area contributed by atoms with Crippen LogP contribution < -0.4 is 5.90 Å². The van der Waals surface area contributed by atoms with E-state index < -0.39 is 6.09 Å². The molecule has 0 radical (unpaired) electrons. The minimum atomic E-state index is -1.13. The molecule has 0 saturated carbocycles. The summed E-state index contributed by atoms with van der Waals surface area (Å²) < 4.78 is 0. The summed E-state index contributed by atoms with van der Waals surface area (Å²) in [7, 11) is 0. The van der Waals surface area contributed by atoms with Crippen LogP contribution in [0, 0.1) is 0 Å². The Balaban J connectivity index is 0.000000461. The molecule has 1 aliphatic heterocycles. The van der Waals surface area contributed by atoms with Crippen LogP contribution in [0.25, 0.3) is 0 Å². The van der Waals surface area contributed by atoms with Crippen LogP contribution in [-0.2, 0) is 4.79 Å². The van der Waals surface area contributed by atoms with Gasteiger partial charge in [0.1, 0.15) is 0 Å². The molecule has 1 rings (SSSR count). The van der Waals surface area contributed by atoms with Gasteiger partial charge in [0, 0.05) is 13.0 Å². The van der Waals surface area contributed by atoms with Crippen molar-refractivity contribution in [3.8, 4) is 0 Å². The predicted molar refractivity (Wildman–Crippen MR) is 34.9 cm³/mol. The molecule has 0 aromatic rings. The van der Waals surface area contributed by atoms with E-state index in [9.17, 15) is 9.59 Å². The Morgan fingerprint density at radius 1 is 1.55 bits per heavy atom. The van der Waals surface area contributed by atoms with Crippen molar-refractivity contribution in [1.82, 2.24) is 4.90 Å². The molecule has 64 valence electrons. The van der Waals surface area contributed by atoms with E-state index in [4.69, 9.17) is 10.3 Å². The summed E-state index contributed by atoms with van der Waals surface area (Å²) in [5.74, 6) is 3.22. The number of hydrogen-bond donors (Lipinski definition) is 3. The summed E-state index contributed by atoms with van der Waals surface area (Å²) in [6, 6.07) is 0. The van der Waals surface area contributed by atoms with Crippen molar-refractivity contribution in [3.63, 3.8) is 0 Å². The van der Waals surface area contributed by atoms with Gasteiger partial charge in [-0.2, -0.15) is 0 Å². The van der Waals surface area contributed by atoms with Gasteiger partial charge in [-0.05, 0) is 6.42 Å². The summed E-state index contributed by atoms with van der Waals surface area (Å²) in [5, 5.41) is 14.8. The molecule has 0 aliphatic carbocycles. The zero-order chi connectivity index (χ0) is 8.85. The smallest absolute Gasteiger partial charge is 0.414 e. The van der Waals surface area contributed by atoms with Gasteiger partial charge in [0.25, 0.3) is 0 Å². The highest BCUT2D eigenvalue weighted by Crippen LogP contribution is 2.08. The number of hydrogen-bond acceptors (Lipinski definition) is 4. The number of rotatable bonds is 0. The van der Waals surface area contributed by atoms with Crippen molar-refractivity contribution in [2.24, 2.45) is 5.90 Å². The molecule has 6 heteroatoms. The normalized spacial score (nSPS) is 15.8. The van der Waals surface area contributed by atoms with E-state index in [1.807, 2.05) is 0 Å². The Labute approximate surface area is 63.2 Å². The Kier molecular flexibility index (Phi) is 4.16. The van der Waals surface area contributed by atoms with E-state index in [0.29, 0.717) is 19.4 Å². The third-order valence-electron chi connectivity index (χ3n) is 1.30. The van der Waals surface area contributed by atoms with Crippen LogP contribution in [-0.4, -0.2) is 33.8 Å². The standard InChI is InChI=1S/C5H7NO3.H3NO/c7-4-2-1-3-6(4)5(8)9;1-2/h1-3H2,(H,8,9);2H,1H2. The minimum Gasteiger partial charge on any atom is -0.465 e. The van der Waals surface area contributed by atoms with Gasteiger partial charge in [-0.1, -0.05) is 0 Å². The van der Waals surface area contributed by atoms with E-state index >= 15 is 0 Å². The highest BCUT2D eigenvalue weighted by Gasteiger charge is 2.25. The quantitative estimate of drug-likeness (QED) is 0.421. The maximum Gasteiger partial charge on any atom is 0.414 e. The van der Waals surface area contributed by atoms with Gasteiger partial charge in [-0.3, -0.25) is 4.79 Å². The average molecular weight is 162 g/mol. The second-order valence-corrected chi connectivity index (χ2v) is 1.93. The van der Waals surface area contributed by atoms with Crippen LogP contribution in [0.1, 0.15) is 12.8 Å². The van der Waals surface area contributed by atoms with Gasteiger partial charge < -0.3 is 10.3 Å². The third kappa shape index (κ3) is 2.52. The van der Waals surface area contributed by atoms with Gasteiger partial charge in [0.15, 0.2) is 0 Å². The Bertz CT molecular complexity index is 159. The average Bonchev–Trinajstić information content (AvgIpc) is 2.39. The highest BCUT2D eigenvalue weighted by molar-refractivity contribution is 5.92. The summed E-state index contributed by atoms with van der Waals surface area (Å²) in [5.41, 5.74) is 0. The minimum absolute atomic E-state index is 0.275. The van der Waals surface area contributed by atoms with Crippen LogP contribution in [0.2, 0.25) is 0 Å². The molecule has 2 amide bonds. The second kappa shape index (κ2) is 4.64. The number of amides is 2. The van der Waals surface area contributed by atoms with Gasteiger partial charge in [-0.25, -0.2) is 15.6 Å². The summed E-state index contributed by atoms with van der Waals surface area (Å²) >= 11 is 0. The predicted octanol–water partition coefficient (Wildman–Crippen LogP) is -0.379. The highest BCUT2D eigenvalue weighted by atomic mass is 16.4. The molecule has 1 heterocycles. The van der Waals surface area contributed by atoms with E-state index in [1.54, 1.807) is 0 Å². The molecule has 0 atom stereocenters. The Morgan fingerprint density at radius 2 is 2.09 bits per heavy atom. The molecule has 1 aliphatic rings. The molecule has 4 N–H and O–H groups in total. The van der Waals surface area contributed by atoms with Crippen molar-refractivity contribution in [2.45, 2.75) is 12.8 Å². The van der Waals surface area contributed by atoms with Crippen molar-refractivity contribution in [1.29, 1.82) is 0 Å². The van der Waals surface area contributed by atoms with Crippen molar-refractivity contribution in [2.75, 3.05) is 6.54 Å². The van der Waals surface area contributed by atoms with E-state index in [1.165, 1.54) is 0 Å². The van der Waals surface area contributed by atoms with Crippen LogP contribution >= 0.6 is 0 Å². The van der Waals surface area contributed by atoms with Crippen molar-refractivity contribution in [3.05, 3.63) is 0 Å². The number of imide groups is 1. The Morgan fingerprint density at radius 3 is 2.27 bits per heavy atom. The number of carbonyl (C=O) groups is 2. The largest absolute Gasteiger partial charge is 0.465 e. The number of carbonyl (C=O) groups excluding carboxylic acids is 1. The van der Waals surface area contributed by atoms with Crippen molar-refractivity contribution >= 4 is 12.0 Å². The maximum atomic E-state index is 10.6. The molecule has 0 aromatic heterocycles. The van der Waals surface area contributed by atoms with Gasteiger partial charge in [0.2, 0.25) is 5.91 Å². The third-order valence-corrected chi connectivity index (χ3v) is 1.30. The molecule has 0 spiro atoms. The van der Waals surface area contributed by atoms with Crippen LogP contribution in [0.5, 0.6) is 0 Å². The summed E-state index contributed by atoms with van der Waals surface area (Å²) in [6.45, 7) is 0.369. The van der Waals surface area contributed by atoms with E-state index in [0.717, 1.165) is 4.90 Å². The monoisotopic (exact) mass is 162 g/mol. The van der Waals surface area contributed by atoms with E-state index in [2.05, 4.69) is 5.90 Å². The molecular formula is C5H10N2O4. The van der Waals surface area contributed by atoms with Gasteiger partial charge in [-0.15, -0.1) is 0 Å². The first-order valence-corrected chi connectivity index (χ1v) is 3.01. The fourth-order valence-corrected chi connectivity index (χ4v) is 0.850. The lowest BCUT2D eigenvalue weighted by Gasteiger charge is -2.05. The second-order valence-electron chi connectivity index (χ2n) is 1.93. The molecule has 0 bridgehead atoms. The van der Waals surface area contributed by atoms with Crippen LogP contribution in [0.3, 0.4) is 0 Å².